The van der Waals surface area contributed by atoms with E-state index in [0.717, 1.165) is 5.56 Å². The van der Waals surface area contributed by atoms with Gasteiger partial charge in [-0.3, -0.25) is 4.79 Å². The average molecular weight is 257 g/mol. The third-order valence-electron chi connectivity index (χ3n) is 2.85. The summed E-state index contributed by atoms with van der Waals surface area (Å²) in [6.45, 7) is 1.72. The molecule has 0 aliphatic carbocycles. The molecule has 0 aliphatic rings. The van der Waals surface area contributed by atoms with E-state index in [1.807, 2.05) is 0 Å². The number of phenolic OH excluding ortho intramolecular Hbond substituents is 1. The second kappa shape index (κ2) is 5.54. The Morgan fingerprint density at radius 1 is 1.16 bits per heavy atom. The first kappa shape index (κ1) is 13.1. The number of hydrogen-bond donors (Lipinski definition) is 3. The highest BCUT2D eigenvalue weighted by molar-refractivity contribution is 6.04. The van der Waals surface area contributed by atoms with E-state index >= 15 is 0 Å². The number of carbonyl (C=O) groups is 1. The third-order valence-corrected chi connectivity index (χ3v) is 2.85. The van der Waals surface area contributed by atoms with Gasteiger partial charge in [-0.1, -0.05) is 12.1 Å². The van der Waals surface area contributed by atoms with Gasteiger partial charge in [-0.15, -0.1) is 0 Å². The molecule has 3 N–H and O–H groups in total. The minimum atomic E-state index is -0.236. The molecule has 0 bridgehead atoms. The molecule has 2 aromatic carbocycles. The van der Waals surface area contributed by atoms with Gasteiger partial charge in [-0.25, -0.2) is 0 Å². The summed E-state index contributed by atoms with van der Waals surface area (Å²) in [5.41, 5.74) is 2.59. The molecule has 2 rings (SSSR count). The maximum absolute atomic E-state index is 12.0. The van der Waals surface area contributed by atoms with Crippen molar-refractivity contribution in [1.29, 1.82) is 0 Å². The van der Waals surface area contributed by atoms with E-state index < -0.39 is 0 Å². The summed E-state index contributed by atoms with van der Waals surface area (Å²) in [6, 6.07) is 11.7. The molecule has 2 aromatic rings. The van der Waals surface area contributed by atoms with E-state index in [2.05, 4.69) is 5.32 Å². The minimum Gasteiger partial charge on any atom is -0.508 e. The number of aromatic hydroxyl groups is 1. The van der Waals surface area contributed by atoms with Gasteiger partial charge in [0.25, 0.3) is 5.91 Å². The van der Waals surface area contributed by atoms with E-state index in [0.29, 0.717) is 16.8 Å². The predicted molar refractivity (Wildman–Crippen MR) is 73.2 cm³/mol. The predicted octanol–water partition coefficient (Wildman–Crippen LogP) is 2.45. The molecule has 0 saturated carbocycles. The van der Waals surface area contributed by atoms with Crippen LogP contribution in [0.4, 0.5) is 5.69 Å². The molecule has 0 atom stereocenters. The topological polar surface area (TPSA) is 69.6 Å². The van der Waals surface area contributed by atoms with Crippen LogP contribution in [0.15, 0.2) is 42.5 Å². The van der Waals surface area contributed by atoms with Gasteiger partial charge in [0, 0.05) is 11.3 Å². The second-order valence-corrected chi connectivity index (χ2v) is 4.31. The normalized spacial score (nSPS) is 10.2. The van der Waals surface area contributed by atoms with Crippen LogP contribution < -0.4 is 5.32 Å². The molecular weight excluding hydrogens is 242 g/mol. The van der Waals surface area contributed by atoms with E-state index in [-0.39, 0.29) is 18.3 Å². The maximum Gasteiger partial charge on any atom is 0.255 e. The van der Waals surface area contributed by atoms with Crippen molar-refractivity contribution in [1.82, 2.24) is 0 Å². The van der Waals surface area contributed by atoms with Gasteiger partial charge >= 0.3 is 0 Å². The second-order valence-electron chi connectivity index (χ2n) is 4.31. The van der Waals surface area contributed by atoms with E-state index in [9.17, 15) is 9.90 Å². The van der Waals surface area contributed by atoms with Crippen LogP contribution in [0.1, 0.15) is 21.5 Å². The molecular formula is C15H15NO3. The van der Waals surface area contributed by atoms with Crippen LogP contribution in [0.25, 0.3) is 0 Å². The highest BCUT2D eigenvalue weighted by Gasteiger charge is 2.07. The van der Waals surface area contributed by atoms with Crippen molar-refractivity contribution in [3.63, 3.8) is 0 Å². The van der Waals surface area contributed by atoms with Gasteiger partial charge in [0.15, 0.2) is 0 Å². The fourth-order valence-corrected chi connectivity index (χ4v) is 1.69. The number of anilines is 1. The summed E-state index contributed by atoms with van der Waals surface area (Å²) in [7, 11) is 0. The first-order chi connectivity index (χ1) is 9.10. The van der Waals surface area contributed by atoms with Crippen molar-refractivity contribution in [2.45, 2.75) is 13.5 Å². The lowest BCUT2D eigenvalue weighted by Gasteiger charge is -2.07. The number of rotatable bonds is 3. The Hall–Kier alpha value is -2.33. The summed E-state index contributed by atoms with van der Waals surface area (Å²) in [6.07, 6.45) is 0. The zero-order valence-electron chi connectivity index (χ0n) is 10.6. The van der Waals surface area contributed by atoms with Gasteiger partial charge in [0.1, 0.15) is 5.75 Å². The number of phenols is 1. The molecule has 0 aromatic heterocycles. The van der Waals surface area contributed by atoms with Gasteiger partial charge in [0.2, 0.25) is 0 Å². The van der Waals surface area contributed by atoms with Crippen molar-refractivity contribution >= 4 is 11.6 Å². The molecule has 0 unspecified atom stereocenters. The quantitative estimate of drug-likeness (QED) is 0.791. The smallest absolute Gasteiger partial charge is 0.255 e. The number of hydrogen-bond acceptors (Lipinski definition) is 3. The Kier molecular flexibility index (Phi) is 3.82. The van der Waals surface area contributed by atoms with E-state index in [1.54, 1.807) is 43.3 Å². The van der Waals surface area contributed by atoms with Crippen LogP contribution in [0.2, 0.25) is 0 Å². The first-order valence-corrected chi connectivity index (χ1v) is 5.91. The Balaban J connectivity index is 2.13. The number of aliphatic hydroxyl groups is 1. The lowest BCUT2D eigenvalue weighted by atomic mass is 10.1. The fourth-order valence-electron chi connectivity index (χ4n) is 1.69. The lowest BCUT2D eigenvalue weighted by Crippen LogP contribution is -2.11. The maximum atomic E-state index is 12.0. The van der Waals surface area contributed by atoms with Crippen molar-refractivity contribution in [3.8, 4) is 5.75 Å². The largest absolute Gasteiger partial charge is 0.508 e. The van der Waals surface area contributed by atoms with Crippen LogP contribution in [-0.4, -0.2) is 16.1 Å². The molecule has 19 heavy (non-hydrogen) atoms. The number of nitrogens with one attached hydrogen (secondary N) is 1. The van der Waals surface area contributed by atoms with Crippen molar-refractivity contribution < 1.29 is 15.0 Å². The Morgan fingerprint density at radius 3 is 2.42 bits per heavy atom. The number of aryl methyl sites for hydroxylation is 1. The molecule has 0 spiro atoms. The fraction of sp³-hybridized carbons (Fsp3) is 0.133. The first-order valence-electron chi connectivity index (χ1n) is 5.91. The molecule has 0 saturated heterocycles. The Bertz CT molecular complexity index is 591. The summed E-state index contributed by atoms with van der Waals surface area (Å²) >= 11 is 0. The molecule has 1 amide bonds. The summed E-state index contributed by atoms with van der Waals surface area (Å²) < 4.78 is 0. The molecule has 0 radical (unpaired) electrons. The van der Waals surface area contributed by atoms with Crippen molar-refractivity contribution in [2.24, 2.45) is 0 Å². The Morgan fingerprint density at radius 2 is 1.84 bits per heavy atom. The number of carbonyl (C=O) groups excluding carboxylic acids is 1. The monoisotopic (exact) mass is 257 g/mol. The van der Waals surface area contributed by atoms with E-state index in [1.165, 1.54) is 6.07 Å². The summed E-state index contributed by atoms with van der Waals surface area (Å²) in [5.74, 6) is -0.0660. The van der Waals surface area contributed by atoms with Crippen LogP contribution in [0.5, 0.6) is 5.75 Å². The number of aliphatic hydroxyl groups excluding tert-OH is 1. The highest BCUT2D eigenvalue weighted by Crippen LogP contribution is 2.18. The Labute approximate surface area is 111 Å². The molecule has 0 fully saturated rings. The average Bonchev–Trinajstić information content (AvgIpc) is 2.42. The molecule has 0 aliphatic heterocycles. The lowest BCUT2D eigenvalue weighted by molar-refractivity contribution is 0.102. The molecule has 98 valence electrons. The van der Waals surface area contributed by atoms with Crippen molar-refractivity contribution in [2.75, 3.05) is 5.32 Å². The van der Waals surface area contributed by atoms with Gasteiger partial charge in [-0.2, -0.15) is 0 Å². The SMILES string of the molecule is Cc1cc(C(=O)Nc2ccc(CO)cc2)ccc1O. The zero-order valence-corrected chi connectivity index (χ0v) is 10.6. The van der Waals surface area contributed by atoms with E-state index in [4.69, 9.17) is 5.11 Å². The van der Waals surface area contributed by atoms with Crippen LogP contribution in [0.3, 0.4) is 0 Å². The summed E-state index contributed by atoms with van der Waals surface area (Å²) in [5, 5.41) is 21.1. The van der Waals surface area contributed by atoms with Gasteiger partial charge < -0.3 is 15.5 Å². The van der Waals surface area contributed by atoms with Crippen LogP contribution in [0, 0.1) is 6.92 Å². The molecule has 4 nitrogen and oxygen atoms in total. The third kappa shape index (κ3) is 3.11. The highest BCUT2D eigenvalue weighted by atomic mass is 16.3. The number of benzene rings is 2. The van der Waals surface area contributed by atoms with Crippen LogP contribution in [-0.2, 0) is 6.61 Å². The standard InChI is InChI=1S/C15H15NO3/c1-10-8-12(4-7-14(10)18)15(19)16-13-5-2-11(9-17)3-6-13/h2-8,17-18H,9H2,1H3,(H,16,19). The minimum absolute atomic E-state index is 0.0224. The van der Waals surface area contributed by atoms with Crippen molar-refractivity contribution in [3.05, 3.63) is 59.2 Å². The molecule has 4 heteroatoms. The zero-order chi connectivity index (χ0) is 13.8. The molecule has 0 heterocycles. The van der Waals surface area contributed by atoms with Gasteiger partial charge in [-0.05, 0) is 48.4 Å². The summed E-state index contributed by atoms with van der Waals surface area (Å²) in [4.78, 5) is 12.0. The van der Waals surface area contributed by atoms with Gasteiger partial charge in [0.05, 0.1) is 6.61 Å². The van der Waals surface area contributed by atoms with Crippen LogP contribution >= 0.6 is 0 Å². The number of amides is 1.